The fourth-order valence-electron chi connectivity index (χ4n) is 7.43. The molecule has 9 heteroatoms. The highest BCUT2D eigenvalue weighted by Crippen LogP contribution is 2.65. The second kappa shape index (κ2) is 9.32. The third-order valence-corrected chi connectivity index (χ3v) is 9.34. The Labute approximate surface area is 200 Å². The third kappa shape index (κ3) is 4.46. The molecule has 0 aromatic carbocycles. The maximum absolute atomic E-state index is 12.0. The Bertz CT molecular complexity index is 916. The number of nitrogens with zero attached hydrogens (tertiary/aromatic N) is 1. The van der Waals surface area contributed by atoms with E-state index >= 15 is 0 Å². The van der Waals surface area contributed by atoms with E-state index in [1.54, 1.807) is 0 Å². The van der Waals surface area contributed by atoms with Gasteiger partial charge in [-0.1, -0.05) is 24.6 Å². The number of fused-ring (bicyclic) bond motifs is 5. The van der Waals surface area contributed by atoms with Gasteiger partial charge in [0, 0.05) is 0 Å². The fraction of sp³-hybridized carbons (Fsp3) is 0.760. The molecule has 4 aliphatic carbocycles. The molecule has 4 aliphatic rings. The minimum absolute atomic E-state index is 0.0749. The van der Waals surface area contributed by atoms with Crippen LogP contribution in [0.4, 0.5) is 0 Å². The number of aliphatic carboxylic acids is 1. The second-order valence-electron chi connectivity index (χ2n) is 11.1. The van der Waals surface area contributed by atoms with Crippen molar-refractivity contribution in [3.05, 3.63) is 11.6 Å². The first-order chi connectivity index (χ1) is 16.0. The summed E-state index contributed by atoms with van der Waals surface area (Å²) in [7, 11) is 0. The maximum Gasteiger partial charge on any atom is 0.326 e. The largest absolute Gasteiger partial charge is 0.480 e. The molecule has 9 nitrogen and oxygen atoms in total. The number of aliphatic hydroxyl groups excluding tert-OH is 1. The summed E-state index contributed by atoms with van der Waals surface area (Å²) in [6, 6.07) is -1.38. The molecule has 0 saturated heterocycles. The lowest BCUT2D eigenvalue weighted by Crippen LogP contribution is -2.51. The number of aliphatic hydroxyl groups is 1. The molecule has 3 fully saturated rings. The second-order valence-corrected chi connectivity index (χ2v) is 11.1. The predicted molar refractivity (Wildman–Crippen MR) is 124 cm³/mol. The number of rotatable bonds is 7. The summed E-state index contributed by atoms with van der Waals surface area (Å²) in [6.07, 6.45) is 9.71. The molecule has 0 unspecified atom stereocenters. The van der Waals surface area contributed by atoms with E-state index < -0.39 is 36.9 Å². The Morgan fingerprint density at radius 2 is 1.94 bits per heavy atom. The van der Waals surface area contributed by atoms with E-state index in [1.807, 2.05) is 0 Å². The molecule has 3 saturated carbocycles. The number of allylic oxidation sites excluding steroid dienone is 2. The molecule has 0 bridgehead atoms. The highest BCUT2D eigenvalue weighted by molar-refractivity contribution is 5.96. The summed E-state index contributed by atoms with van der Waals surface area (Å²) < 4.78 is 0. The number of carbonyl (C=O) groups excluding carboxylic acids is 2. The van der Waals surface area contributed by atoms with Crippen LogP contribution in [0, 0.1) is 28.6 Å². The van der Waals surface area contributed by atoms with Gasteiger partial charge in [-0.2, -0.15) is 0 Å². The Morgan fingerprint density at radius 1 is 1.18 bits per heavy atom. The Morgan fingerprint density at radius 3 is 2.65 bits per heavy atom. The van der Waals surface area contributed by atoms with Crippen LogP contribution < -0.4 is 11.1 Å². The van der Waals surface area contributed by atoms with Crippen molar-refractivity contribution >= 4 is 23.5 Å². The first-order valence-corrected chi connectivity index (χ1v) is 12.4. The molecule has 0 aromatic rings. The molecular weight excluding hydrogens is 438 g/mol. The molecule has 0 aliphatic heterocycles. The summed E-state index contributed by atoms with van der Waals surface area (Å²) in [5.74, 6) is -0.911. The fourth-order valence-corrected chi connectivity index (χ4v) is 7.43. The minimum atomic E-state index is -1.38. The number of hydrogen-bond donors (Lipinski definition) is 4. The van der Waals surface area contributed by atoms with Crippen LogP contribution in [-0.4, -0.2) is 52.5 Å². The summed E-state index contributed by atoms with van der Waals surface area (Å²) in [4.78, 5) is 39.3. The third-order valence-electron chi connectivity index (χ3n) is 9.34. The summed E-state index contributed by atoms with van der Waals surface area (Å²) in [6.45, 7) is 4.25. The standard InChI is InChI=1S/C25H37N3O6/c1-24-9-7-15(28-34-13-22(31)27-19(23(32)33)12-21(26)30)11-14(24)3-4-16-17-5-6-20(29)25(17,2)10-8-18(16)24/h11,16-20,29H,3-10,12-13H2,1-2H3,(H2,26,30)(H,27,31)(H,32,33)/t16-,17+,18-,19-,20-,24+,25+/m1/s1. The van der Waals surface area contributed by atoms with Gasteiger partial charge in [-0.05, 0) is 86.0 Å². The zero-order valence-corrected chi connectivity index (χ0v) is 20.1. The van der Waals surface area contributed by atoms with Gasteiger partial charge in [-0.25, -0.2) is 4.79 Å². The van der Waals surface area contributed by atoms with Gasteiger partial charge in [0.25, 0.3) is 5.91 Å². The topological polar surface area (TPSA) is 151 Å². The molecule has 0 radical (unpaired) electrons. The van der Waals surface area contributed by atoms with Gasteiger partial charge in [-0.3, -0.25) is 9.59 Å². The lowest BCUT2D eigenvalue weighted by molar-refractivity contribution is -0.144. The van der Waals surface area contributed by atoms with Crippen LogP contribution in [0.15, 0.2) is 16.8 Å². The average molecular weight is 476 g/mol. The lowest BCUT2D eigenvalue weighted by Gasteiger charge is -2.57. The van der Waals surface area contributed by atoms with E-state index in [0.717, 1.165) is 57.1 Å². The zero-order valence-electron chi connectivity index (χ0n) is 20.1. The molecule has 2 amide bonds. The molecule has 0 spiro atoms. The van der Waals surface area contributed by atoms with E-state index in [2.05, 4.69) is 30.4 Å². The van der Waals surface area contributed by atoms with E-state index in [9.17, 15) is 19.5 Å². The SMILES string of the molecule is C[C@]12CC[C@@H]3[C@H](CCC4=CC(=NOCC(=O)N[C@H](CC(N)=O)C(=O)O)CC[C@@]43C)[C@@H]1CC[C@H]2O. The zero-order chi connectivity index (χ0) is 24.7. The monoisotopic (exact) mass is 475 g/mol. The number of nitrogens with one attached hydrogen (secondary N) is 1. The molecule has 34 heavy (non-hydrogen) atoms. The highest BCUT2D eigenvalue weighted by atomic mass is 16.6. The van der Waals surface area contributed by atoms with E-state index in [1.165, 1.54) is 5.57 Å². The van der Waals surface area contributed by atoms with Gasteiger partial charge >= 0.3 is 5.97 Å². The van der Waals surface area contributed by atoms with E-state index in [-0.39, 0.29) is 16.9 Å². The summed E-state index contributed by atoms with van der Waals surface area (Å²) in [5.41, 5.74) is 7.43. The van der Waals surface area contributed by atoms with Crippen LogP contribution in [0.25, 0.3) is 0 Å². The summed E-state index contributed by atoms with van der Waals surface area (Å²) in [5, 5.41) is 26.1. The highest BCUT2D eigenvalue weighted by Gasteiger charge is 2.58. The quantitative estimate of drug-likeness (QED) is 0.414. The smallest absolute Gasteiger partial charge is 0.326 e. The van der Waals surface area contributed by atoms with Crippen LogP contribution in [0.5, 0.6) is 0 Å². The molecule has 7 atom stereocenters. The normalized spacial score (nSPS) is 38.7. The summed E-state index contributed by atoms with van der Waals surface area (Å²) >= 11 is 0. The van der Waals surface area contributed by atoms with Crippen molar-refractivity contribution in [2.45, 2.75) is 83.8 Å². The molecule has 188 valence electrons. The van der Waals surface area contributed by atoms with Gasteiger partial charge < -0.3 is 26.1 Å². The van der Waals surface area contributed by atoms with Gasteiger partial charge in [0.1, 0.15) is 6.04 Å². The maximum atomic E-state index is 12.0. The van der Waals surface area contributed by atoms with Crippen LogP contribution in [0.1, 0.15) is 71.6 Å². The van der Waals surface area contributed by atoms with Gasteiger partial charge in [0.05, 0.1) is 18.2 Å². The molecule has 0 heterocycles. The number of carbonyl (C=O) groups is 3. The van der Waals surface area contributed by atoms with E-state index in [0.29, 0.717) is 17.8 Å². The molecular formula is C25H37N3O6. The number of carboxylic acids is 1. The number of oxime groups is 1. The lowest BCUT2D eigenvalue weighted by atomic mass is 9.47. The van der Waals surface area contributed by atoms with Gasteiger partial charge in [-0.15, -0.1) is 0 Å². The van der Waals surface area contributed by atoms with E-state index in [4.69, 9.17) is 15.7 Å². The van der Waals surface area contributed by atoms with Crippen molar-refractivity contribution in [1.29, 1.82) is 0 Å². The van der Waals surface area contributed by atoms with Crippen molar-refractivity contribution in [3.8, 4) is 0 Å². The van der Waals surface area contributed by atoms with Crippen LogP contribution in [0.3, 0.4) is 0 Å². The molecule has 5 N–H and O–H groups in total. The molecule has 0 aromatic heterocycles. The molecule has 4 rings (SSSR count). The van der Waals surface area contributed by atoms with Crippen molar-refractivity contribution < 1.29 is 29.4 Å². The first-order valence-electron chi connectivity index (χ1n) is 12.4. The number of nitrogens with two attached hydrogens (primary N) is 1. The van der Waals surface area contributed by atoms with Crippen molar-refractivity contribution in [3.63, 3.8) is 0 Å². The van der Waals surface area contributed by atoms with Gasteiger partial charge in [0.15, 0.2) is 6.61 Å². The van der Waals surface area contributed by atoms with Crippen LogP contribution >= 0.6 is 0 Å². The minimum Gasteiger partial charge on any atom is -0.480 e. The number of amides is 2. The predicted octanol–water partition coefficient (Wildman–Crippen LogP) is 2.13. The van der Waals surface area contributed by atoms with Crippen molar-refractivity contribution in [1.82, 2.24) is 5.32 Å². The number of primary amides is 1. The van der Waals surface area contributed by atoms with Crippen LogP contribution in [-0.2, 0) is 19.2 Å². The Balaban J connectivity index is 1.37. The van der Waals surface area contributed by atoms with Crippen molar-refractivity contribution in [2.24, 2.45) is 39.5 Å². The Kier molecular flexibility index (Phi) is 6.77. The van der Waals surface area contributed by atoms with Crippen LogP contribution in [0.2, 0.25) is 0 Å². The Hall–Kier alpha value is -2.42. The number of hydrogen-bond acceptors (Lipinski definition) is 6. The van der Waals surface area contributed by atoms with Crippen molar-refractivity contribution in [2.75, 3.05) is 6.61 Å². The first kappa shape index (κ1) is 24.7. The average Bonchev–Trinajstić information content (AvgIpc) is 3.07. The number of carboxylic acid groups (broad SMARTS) is 1. The van der Waals surface area contributed by atoms with Gasteiger partial charge in [0.2, 0.25) is 5.91 Å².